The molecule has 0 aromatic carbocycles. The first-order chi connectivity index (χ1) is 7.41. The maximum absolute atomic E-state index is 9.84. The molecule has 0 saturated carbocycles. The standard InChI is InChI=1S/C9H19NO5/c11-2-4-14-6-8-15-7-5-13-3-1-10-9-12/h9,11H,1-8H2,(H,10,12). The Morgan fingerprint density at radius 1 is 0.933 bits per heavy atom. The third kappa shape index (κ3) is 13.3. The zero-order valence-corrected chi connectivity index (χ0v) is 8.81. The molecule has 2 N–H and O–H groups in total. The maximum Gasteiger partial charge on any atom is 0.207 e. The molecule has 0 spiro atoms. The van der Waals surface area contributed by atoms with E-state index in [0.717, 1.165) is 0 Å². The summed E-state index contributed by atoms with van der Waals surface area (Å²) < 4.78 is 15.3. The molecular weight excluding hydrogens is 202 g/mol. The number of nitrogens with one attached hydrogen (secondary N) is 1. The lowest BCUT2D eigenvalue weighted by molar-refractivity contribution is -0.109. The lowest BCUT2D eigenvalue weighted by Gasteiger charge is -2.05. The molecule has 6 nitrogen and oxygen atoms in total. The van der Waals surface area contributed by atoms with Gasteiger partial charge in [-0.3, -0.25) is 4.79 Å². The second kappa shape index (κ2) is 13.3. The highest BCUT2D eigenvalue weighted by atomic mass is 16.5. The third-order valence-corrected chi connectivity index (χ3v) is 1.45. The minimum atomic E-state index is 0.0346. The smallest absolute Gasteiger partial charge is 0.207 e. The number of amides is 1. The molecule has 0 saturated heterocycles. The highest BCUT2D eigenvalue weighted by molar-refractivity contribution is 5.45. The molecule has 1 amide bonds. The van der Waals surface area contributed by atoms with Gasteiger partial charge in [0.15, 0.2) is 0 Å². The molecule has 0 atom stereocenters. The van der Waals surface area contributed by atoms with Crippen molar-refractivity contribution in [1.82, 2.24) is 5.32 Å². The van der Waals surface area contributed by atoms with E-state index in [-0.39, 0.29) is 6.61 Å². The number of aliphatic hydroxyl groups is 1. The number of aliphatic hydroxyl groups excluding tert-OH is 1. The molecule has 0 aliphatic rings. The van der Waals surface area contributed by atoms with Crippen LogP contribution in [-0.4, -0.2) is 64.3 Å². The van der Waals surface area contributed by atoms with Crippen molar-refractivity contribution >= 4 is 6.41 Å². The average Bonchev–Trinajstić information content (AvgIpc) is 2.26. The number of carbonyl (C=O) groups is 1. The summed E-state index contributed by atoms with van der Waals surface area (Å²) in [5.74, 6) is 0. The molecule has 15 heavy (non-hydrogen) atoms. The van der Waals surface area contributed by atoms with Gasteiger partial charge in [-0.25, -0.2) is 0 Å². The van der Waals surface area contributed by atoms with Gasteiger partial charge in [-0.15, -0.1) is 0 Å². The van der Waals surface area contributed by atoms with E-state index < -0.39 is 0 Å². The second-order valence-electron chi connectivity index (χ2n) is 2.63. The van der Waals surface area contributed by atoms with E-state index in [9.17, 15) is 4.79 Å². The van der Waals surface area contributed by atoms with E-state index in [1.54, 1.807) is 0 Å². The van der Waals surface area contributed by atoms with Gasteiger partial charge >= 0.3 is 0 Å². The number of hydrogen-bond donors (Lipinski definition) is 2. The lowest BCUT2D eigenvalue weighted by atomic mass is 10.6. The molecule has 0 unspecified atom stereocenters. The van der Waals surface area contributed by atoms with E-state index in [0.29, 0.717) is 52.6 Å². The highest BCUT2D eigenvalue weighted by Gasteiger charge is 1.90. The number of hydrogen-bond acceptors (Lipinski definition) is 5. The fourth-order valence-corrected chi connectivity index (χ4v) is 0.796. The fraction of sp³-hybridized carbons (Fsp3) is 0.889. The van der Waals surface area contributed by atoms with Crippen molar-refractivity contribution in [1.29, 1.82) is 0 Å². The topological polar surface area (TPSA) is 77.0 Å². The Balaban J connectivity index is 2.83. The Kier molecular flexibility index (Phi) is 12.7. The zero-order valence-electron chi connectivity index (χ0n) is 8.81. The molecule has 0 radical (unpaired) electrons. The highest BCUT2D eigenvalue weighted by Crippen LogP contribution is 1.80. The Bertz CT molecular complexity index is 134. The quantitative estimate of drug-likeness (QED) is 0.319. The molecule has 0 bridgehead atoms. The predicted octanol–water partition coefficient (Wildman–Crippen LogP) is -1.23. The van der Waals surface area contributed by atoms with Gasteiger partial charge in [-0.2, -0.15) is 0 Å². The van der Waals surface area contributed by atoms with Crippen LogP contribution in [0.15, 0.2) is 0 Å². The van der Waals surface area contributed by atoms with Crippen LogP contribution in [0, 0.1) is 0 Å². The van der Waals surface area contributed by atoms with Gasteiger partial charge in [-0.05, 0) is 0 Å². The fourth-order valence-electron chi connectivity index (χ4n) is 0.796. The summed E-state index contributed by atoms with van der Waals surface area (Å²) in [5.41, 5.74) is 0. The van der Waals surface area contributed by atoms with Crippen molar-refractivity contribution in [3.05, 3.63) is 0 Å². The van der Waals surface area contributed by atoms with Gasteiger partial charge in [0.05, 0.1) is 46.2 Å². The summed E-state index contributed by atoms with van der Waals surface area (Å²) in [4.78, 5) is 9.84. The molecule has 0 fully saturated rings. The van der Waals surface area contributed by atoms with Gasteiger partial charge in [0.25, 0.3) is 0 Å². The van der Waals surface area contributed by atoms with Crippen molar-refractivity contribution in [2.75, 3.05) is 52.8 Å². The van der Waals surface area contributed by atoms with Crippen molar-refractivity contribution in [3.63, 3.8) is 0 Å². The number of ether oxygens (including phenoxy) is 3. The summed E-state index contributed by atoms with van der Waals surface area (Å²) in [6.45, 7) is 3.36. The van der Waals surface area contributed by atoms with Crippen molar-refractivity contribution in [3.8, 4) is 0 Å². The van der Waals surface area contributed by atoms with Crippen LogP contribution in [0.4, 0.5) is 0 Å². The third-order valence-electron chi connectivity index (χ3n) is 1.45. The lowest BCUT2D eigenvalue weighted by Crippen LogP contribution is -2.19. The molecule has 0 aromatic rings. The Hall–Kier alpha value is -0.690. The van der Waals surface area contributed by atoms with Crippen LogP contribution in [0.2, 0.25) is 0 Å². The molecular formula is C9H19NO5. The van der Waals surface area contributed by atoms with Crippen LogP contribution in [-0.2, 0) is 19.0 Å². The van der Waals surface area contributed by atoms with Crippen LogP contribution >= 0.6 is 0 Å². The van der Waals surface area contributed by atoms with Crippen molar-refractivity contribution in [2.45, 2.75) is 0 Å². The predicted molar refractivity (Wildman–Crippen MR) is 53.6 cm³/mol. The SMILES string of the molecule is O=CNCCOCCOCCOCCO. The summed E-state index contributed by atoms with van der Waals surface area (Å²) in [5, 5.41) is 10.9. The minimum Gasteiger partial charge on any atom is -0.394 e. The van der Waals surface area contributed by atoms with Crippen molar-refractivity contribution in [2.24, 2.45) is 0 Å². The van der Waals surface area contributed by atoms with Gasteiger partial charge in [-0.1, -0.05) is 0 Å². The minimum absolute atomic E-state index is 0.0346. The normalized spacial score (nSPS) is 10.2. The molecule has 0 aliphatic heterocycles. The van der Waals surface area contributed by atoms with Gasteiger partial charge in [0.1, 0.15) is 0 Å². The molecule has 0 rings (SSSR count). The number of carbonyl (C=O) groups excluding carboxylic acids is 1. The Morgan fingerprint density at radius 3 is 2.00 bits per heavy atom. The average molecular weight is 221 g/mol. The Labute approximate surface area is 89.5 Å². The molecule has 0 aromatic heterocycles. The first-order valence-corrected chi connectivity index (χ1v) is 4.93. The molecule has 90 valence electrons. The first-order valence-electron chi connectivity index (χ1n) is 4.93. The summed E-state index contributed by atoms with van der Waals surface area (Å²) in [6.07, 6.45) is 0.637. The van der Waals surface area contributed by atoms with Crippen molar-refractivity contribution < 1.29 is 24.1 Å². The summed E-state index contributed by atoms with van der Waals surface area (Å²) >= 11 is 0. The largest absolute Gasteiger partial charge is 0.394 e. The number of rotatable bonds is 12. The van der Waals surface area contributed by atoms with Crippen LogP contribution in [0.5, 0.6) is 0 Å². The maximum atomic E-state index is 9.84. The van der Waals surface area contributed by atoms with E-state index >= 15 is 0 Å². The van der Waals surface area contributed by atoms with Crippen LogP contribution in [0.3, 0.4) is 0 Å². The van der Waals surface area contributed by atoms with Crippen LogP contribution in [0.1, 0.15) is 0 Å². The van der Waals surface area contributed by atoms with Crippen LogP contribution in [0.25, 0.3) is 0 Å². The first kappa shape index (κ1) is 14.3. The second-order valence-corrected chi connectivity index (χ2v) is 2.63. The molecule has 0 heterocycles. The van der Waals surface area contributed by atoms with E-state index in [1.807, 2.05) is 0 Å². The summed E-state index contributed by atoms with van der Waals surface area (Å²) in [7, 11) is 0. The van der Waals surface area contributed by atoms with Gasteiger partial charge in [0, 0.05) is 6.54 Å². The zero-order chi connectivity index (χ0) is 11.2. The van der Waals surface area contributed by atoms with E-state index in [4.69, 9.17) is 19.3 Å². The molecule has 0 aliphatic carbocycles. The van der Waals surface area contributed by atoms with Gasteiger partial charge in [0.2, 0.25) is 6.41 Å². The van der Waals surface area contributed by atoms with Crippen LogP contribution < -0.4 is 5.32 Å². The van der Waals surface area contributed by atoms with E-state index in [1.165, 1.54) is 0 Å². The van der Waals surface area contributed by atoms with E-state index in [2.05, 4.69) is 5.32 Å². The Morgan fingerprint density at radius 2 is 1.47 bits per heavy atom. The van der Waals surface area contributed by atoms with Gasteiger partial charge < -0.3 is 24.6 Å². The monoisotopic (exact) mass is 221 g/mol. The summed E-state index contributed by atoms with van der Waals surface area (Å²) in [6, 6.07) is 0. The molecule has 6 heteroatoms.